The second-order valence-corrected chi connectivity index (χ2v) is 20.0. The number of para-hydroxylation sites is 2. The first-order valence-corrected chi connectivity index (χ1v) is 22.3. The van der Waals surface area contributed by atoms with Crippen LogP contribution in [0.1, 0.15) is 52.7 Å². The number of hydrogen-bond donors (Lipinski definition) is 0. The lowest BCUT2D eigenvalue weighted by atomic mass is 9.43. The van der Waals surface area contributed by atoms with Crippen LogP contribution in [0.2, 0.25) is 0 Å². The maximum absolute atomic E-state index is 7.03. The van der Waals surface area contributed by atoms with E-state index in [1.807, 2.05) is 11.3 Å². The molecule has 0 unspecified atom stereocenters. The molecule has 61 heavy (non-hydrogen) atoms. The Morgan fingerprint density at radius 1 is 0.525 bits per heavy atom. The first-order chi connectivity index (χ1) is 29.5. The van der Waals surface area contributed by atoms with Gasteiger partial charge in [0.2, 0.25) is 0 Å². The highest BCUT2D eigenvalue weighted by Crippen LogP contribution is 2.54. The summed E-state index contributed by atoms with van der Waals surface area (Å²) in [7, 11) is 0. The standard InChI is InChI=1S/C56H45BN2OS/c1-55(2,3)35-24-27-37(28-25-35)59-45-21-13-10-19-39(45)51-52-46(33-42-38-18-11-14-22-47(38)60-54(42)51)58(44-30-26-36(56(4,5)6)32-41(44)34-16-8-7-9-17-34)53-43(57(52)59)29-31-49-50(53)40-20-12-15-23-48(40)61-49/h7-33H,1-6H3. The molecule has 5 heteroatoms. The molecule has 0 atom stereocenters. The minimum atomic E-state index is -0.152. The van der Waals surface area contributed by atoms with E-state index in [1.54, 1.807) is 0 Å². The first-order valence-electron chi connectivity index (χ1n) is 21.5. The van der Waals surface area contributed by atoms with Gasteiger partial charge < -0.3 is 14.1 Å². The number of hydrogen-bond acceptors (Lipinski definition) is 4. The molecule has 0 amide bonds. The van der Waals surface area contributed by atoms with E-state index in [4.69, 9.17) is 4.42 Å². The van der Waals surface area contributed by atoms with Gasteiger partial charge in [-0.05, 0) is 93.0 Å². The number of benzene rings is 8. The van der Waals surface area contributed by atoms with Gasteiger partial charge in [0.05, 0.1) is 11.4 Å². The van der Waals surface area contributed by atoms with Crippen LogP contribution in [0.4, 0.5) is 28.4 Å². The minimum Gasteiger partial charge on any atom is -0.455 e. The van der Waals surface area contributed by atoms with Gasteiger partial charge in [0, 0.05) is 64.7 Å². The number of fused-ring (bicyclic) bond motifs is 12. The second kappa shape index (κ2) is 13.0. The first kappa shape index (κ1) is 36.3. The van der Waals surface area contributed by atoms with Crippen molar-refractivity contribution in [3.8, 4) is 22.3 Å². The van der Waals surface area contributed by atoms with E-state index in [2.05, 4.69) is 215 Å². The second-order valence-electron chi connectivity index (χ2n) is 18.9. The maximum Gasteiger partial charge on any atom is 0.333 e. The van der Waals surface area contributed by atoms with Crippen LogP contribution in [-0.4, -0.2) is 6.85 Å². The predicted molar refractivity (Wildman–Crippen MR) is 263 cm³/mol. The van der Waals surface area contributed by atoms with E-state index in [9.17, 15) is 0 Å². The van der Waals surface area contributed by atoms with Crippen LogP contribution in [0.15, 0.2) is 168 Å². The fourth-order valence-electron chi connectivity index (χ4n) is 10.1. The van der Waals surface area contributed by atoms with Crippen molar-refractivity contribution in [3.63, 3.8) is 0 Å². The van der Waals surface area contributed by atoms with Crippen molar-refractivity contribution in [2.24, 2.45) is 0 Å². The zero-order chi connectivity index (χ0) is 41.4. The average molecular weight is 805 g/mol. The predicted octanol–water partition coefficient (Wildman–Crippen LogP) is 14.9. The van der Waals surface area contributed by atoms with Gasteiger partial charge in [-0.25, -0.2) is 0 Å². The Labute approximate surface area is 361 Å². The molecule has 2 aliphatic heterocycles. The monoisotopic (exact) mass is 804 g/mol. The molecule has 8 aromatic carbocycles. The zero-order valence-electron chi connectivity index (χ0n) is 35.4. The third kappa shape index (κ3) is 5.36. The Morgan fingerprint density at radius 2 is 1.21 bits per heavy atom. The van der Waals surface area contributed by atoms with Crippen molar-refractivity contribution in [3.05, 3.63) is 175 Å². The topological polar surface area (TPSA) is 19.6 Å². The van der Waals surface area contributed by atoms with Crippen LogP contribution >= 0.6 is 11.3 Å². The highest BCUT2D eigenvalue weighted by Gasteiger charge is 2.47. The van der Waals surface area contributed by atoms with Crippen molar-refractivity contribution < 1.29 is 4.42 Å². The molecule has 0 spiro atoms. The molecule has 10 aromatic rings. The third-order valence-electron chi connectivity index (χ3n) is 13.2. The van der Waals surface area contributed by atoms with Gasteiger partial charge in [-0.1, -0.05) is 151 Å². The Balaban J connectivity index is 1.28. The SMILES string of the molecule is CC(C)(C)c1ccc(N2B3c4ccc5sc6ccccc6c5c4N(c4ccc(C(C)(C)C)cc4-c4ccccc4)c4cc5c(oc6ccccc65)c(c43)-c3ccccc32)cc1. The number of rotatable bonds is 3. The van der Waals surface area contributed by atoms with Gasteiger partial charge >= 0.3 is 6.85 Å². The fraction of sp³-hybridized carbons (Fsp3) is 0.143. The van der Waals surface area contributed by atoms with E-state index < -0.39 is 0 Å². The number of thiophene rings is 1. The number of nitrogens with zero attached hydrogens (tertiary/aromatic N) is 2. The number of anilines is 5. The van der Waals surface area contributed by atoms with Gasteiger partial charge in [-0.15, -0.1) is 11.3 Å². The molecule has 3 nitrogen and oxygen atoms in total. The quantitative estimate of drug-likeness (QED) is 0.166. The highest BCUT2D eigenvalue weighted by molar-refractivity contribution is 7.26. The zero-order valence-corrected chi connectivity index (χ0v) is 36.2. The minimum absolute atomic E-state index is 0.0353. The molecule has 2 aromatic heterocycles. The van der Waals surface area contributed by atoms with Gasteiger partial charge in [0.15, 0.2) is 0 Å². The summed E-state index contributed by atoms with van der Waals surface area (Å²) in [6.45, 7) is 13.7. The van der Waals surface area contributed by atoms with E-state index in [-0.39, 0.29) is 17.7 Å². The van der Waals surface area contributed by atoms with Gasteiger partial charge in [0.1, 0.15) is 11.2 Å². The molecular formula is C56H45BN2OS. The van der Waals surface area contributed by atoms with E-state index >= 15 is 0 Å². The highest BCUT2D eigenvalue weighted by atomic mass is 32.1. The maximum atomic E-state index is 7.03. The molecule has 0 N–H and O–H groups in total. The van der Waals surface area contributed by atoms with Crippen LogP contribution in [0, 0.1) is 0 Å². The summed E-state index contributed by atoms with van der Waals surface area (Å²) >= 11 is 1.89. The fourth-order valence-corrected chi connectivity index (χ4v) is 11.3. The van der Waals surface area contributed by atoms with Crippen molar-refractivity contribution in [1.29, 1.82) is 0 Å². The van der Waals surface area contributed by atoms with Gasteiger partial charge in [0.25, 0.3) is 0 Å². The molecule has 0 fully saturated rings. The molecular weight excluding hydrogens is 760 g/mol. The summed E-state index contributed by atoms with van der Waals surface area (Å²) in [5.74, 6) is 0. The Hall–Kier alpha value is -6.56. The molecule has 2 aliphatic rings. The molecule has 0 saturated heterocycles. The van der Waals surface area contributed by atoms with Crippen LogP contribution in [0.3, 0.4) is 0 Å². The Morgan fingerprint density at radius 3 is 2.00 bits per heavy atom. The molecule has 0 aliphatic carbocycles. The van der Waals surface area contributed by atoms with Crippen LogP contribution in [0.25, 0.3) is 64.4 Å². The van der Waals surface area contributed by atoms with Crippen LogP contribution < -0.4 is 20.6 Å². The van der Waals surface area contributed by atoms with Gasteiger partial charge in [-0.2, -0.15) is 0 Å². The van der Waals surface area contributed by atoms with Crippen LogP contribution in [0.5, 0.6) is 0 Å². The summed E-state index contributed by atoms with van der Waals surface area (Å²) in [5, 5.41) is 4.84. The lowest BCUT2D eigenvalue weighted by Gasteiger charge is -2.46. The van der Waals surface area contributed by atoms with E-state index in [1.165, 1.54) is 87.2 Å². The van der Waals surface area contributed by atoms with Crippen molar-refractivity contribution in [1.82, 2.24) is 0 Å². The van der Waals surface area contributed by atoms with Crippen LogP contribution in [-0.2, 0) is 10.8 Å². The lowest BCUT2D eigenvalue weighted by molar-refractivity contribution is 0.590. The molecule has 4 heterocycles. The van der Waals surface area contributed by atoms with E-state index in [0.29, 0.717) is 0 Å². The molecule has 12 rings (SSSR count). The Kier molecular flexibility index (Phi) is 7.72. The molecule has 0 radical (unpaired) electrons. The smallest absolute Gasteiger partial charge is 0.333 e. The van der Waals surface area contributed by atoms with Crippen molar-refractivity contribution in [2.45, 2.75) is 52.4 Å². The average Bonchev–Trinajstić information content (AvgIpc) is 3.84. The van der Waals surface area contributed by atoms with Gasteiger partial charge in [-0.3, -0.25) is 0 Å². The Bertz CT molecular complexity index is 3400. The lowest BCUT2D eigenvalue weighted by Crippen LogP contribution is -2.61. The normalized spacial score (nSPS) is 13.6. The third-order valence-corrected chi connectivity index (χ3v) is 14.3. The summed E-state index contributed by atoms with van der Waals surface area (Å²) in [6.07, 6.45) is 0. The summed E-state index contributed by atoms with van der Waals surface area (Å²) in [6, 6.07) is 61.2. The summed E-state index contributed by atoms with van der Waals surface area (Å²) in [5.41, 5.74) is 17.7. The van der Waals surface area contributed by atoms with Crippen molar-refractivity contribution >= 4 is 99.7 Å². The summed E-state index contributed by atoms with van der Waals surface area (Å²) < 4.78 is 9.61. The van der Waals surface area contributed by atoms with Crippen molar-refractivity contribution in [2.75, 3.05) is 9.71 Å². The molecule has 294 valence electrons. The number of furan rings is 1. The van der Waals surface area contributed by atoms with E-state index in [0.717, 1.165) is 27.6 Å². The molecule has 0 saturated carbocycles. The largest absolute Gasteiger partial charge is 0.455 e. The molecule has 0 bridgehead atoms. The summed E-state index contributed by atoms with van der Waals surface area (Å²) in [4.78, 5) is 5.25.